The van der Waals surface area contributed by atoms with Crippen molar-refractivity contribution in [2.75, 3.05) is 19.0 Å². The van der Waals surface area contributed by atoms with Gasteiger partial charge in [0.25, 0.3) is 0 Å². The standard InChI is InChI=1S/C19H21N3O2/c1-19(2,13-20)10-9-15(12-24-3)18(23)22-16-8-4-6-14-7-5-11-21-17(14)16/h4-11,15H,12H2,1-3H3,(H,22,23)/b10-9+. The number of rotatable bonds is 6. The largest absolute Gasteiger partial charge is 0.384 e. The van der Waals surface area contributed by atoms with E-state index in [2.05, 4.69) is 16.4 Å². The van der Waals surface area contributed by atoms with Crippen LogP contribution in [-0.2, 0) is 9.53 Å². The van der Waals surface area contributed by atoms with Crippen LogP contribution in [-0.4, -0.2) is 24.6 Å². The Balaban J connectivity index is 2.23. The number of pyridine rings is 1. The molecule has 0 aliphatic heterocycles. The van der Waals surface area contributed by atoms with E-state index >= 15 is 0 Å². The molecule has 1 amide bonds. The number of hydrogen-bond acceptors (Lipinski definition) is 4. The van der Waals surface area contributed by atoms with E-state index in [-0.39, 0.29) is 12.5 Å². The Hall–Kier alpha value is -2.71. The van der Waals surface area contributed by atoms with Crippen molar-refractivity contribution in [3.63, 3.8) is 0 Å². The number of benzene rings is 1. The van der Waals surface area contributed by atoms with Crippen LogP contribution in [0.25, 0.3) is 10.9 Å². The van der Waals surface area contributed by atoms with Gasteiger partial charge in [-0.2, -0.15) is 5.26 Å². The number of allylic oxidation sites excluding steroid dienone is 1. The highest BCUT2D eigenvalue weighted by molar-refractivity contribution is 6.01. The lowest BCUT2D eigenvalue weighted by Gasteiger charge is -2.15. The van der Waals surface area contributed by atoms with Gasteiger partial charge in [-0.25, -0.2) is 0 Å². The summed E-state index contributed by atoms with van der Waals surface area (Å²) >= 11 is 0. The highest BCUT2D eigenvalue weighted by Gasteiger charge is 2.19. The second-order valence-electron chi connectivity index (χ2n) is 6.12. The van der Waals surface area contributed by atoms with Crippen molar-refractivity contribution in [2.45, 2.75) is 13.8 Å². The van der Waals surface area contributed by atoms with Crippen molar-refractivity contribution in [3.8, 4) is 6.07 Å². The van der Waals surface area contributed by atoms with Crippen molar-refractivity contribution in [2.24, 2.45) is 11.3 Å². The molecule has 124 valence electrons. The van der Waals surface area contributed by atoms with Gasteiger partial charge in [-0.15, -0.1) is 0 Å². The van der Waals surface area contributed by atoms with Crippen LogP contribution in [0.1, 0.15) is 13.8 Å². The fraction of sp³-hybridized carbons (Fsp3) is 0.316. The van der Waals surface area contributed by atoms with Crippen LogP contribution in [0.3, 0.4) is 0 Å². The van der Waals surface area contributed by atoms with Gasteiger partial charge in [0.05, 0.1) is 35.2 Å². The first-order valence-electron chi connectivity index (χ1n) is 7.71. The molecule has 0 radical (unpaired) electrons. The fourth-order valence-electron chi connectivity index (χ4n) is 2.22. The number of aromatic nitrogens is 1. The van der Waals surface area contributed by atoms with E-state index in [1.807, 2.05) is 30.3 Å². The summed E-state index contributed by atoms with van der Waals surface area (Å²) in [4.78, 5) is 16.9. The molecule has 2 aromatic rings. The number of para-hydroxylation sites is 1. The normalized spacial score (nSPS) is 12.9. The summed E-state index contributed by atoms with van der Waals surface area (Å²) in [6, 6.07) is 11.6. The Kier molecular flexibility index (Phi) is 5.67. The van der Waals surface area contributed by atoms with Crippen molar-refractivity contribution < 1.29 is 9.53 Å². The van der Waals surface area contributed by atoms with E-state index < -0.39 is 11.3 Å². The average Bonchev–Trinajstić information content (AvgIpc) is 2.59. The SMILES string of the molecule is COCC(/C=C/C(C)(C)C#N)C(=O)Nc1cccc2cccnc12. The first-order chi connectivity index (χ1) is 11.5. The number of ether oxygens (including phenoxy) is 1. The van der Waals surface area contributed by atoms with Crippen LogP contribution in [0.15, 0.2) is 48.7 Å². The molecule has 0 saturated heterocycles. The molecule has 5 nitrogen and oxygen atoms in total. The third-order valence-electron chi connectivity index (χ3n) is 3.61. The fourth-order valence-corrected chi connectivity index (χ4v) is 2.22. The number of anilines is 1. The van der Waals surface area contributed by atoms with Gasteiger partial charge in [0.2, 0.25) is 5.91 Å². The van der Waals surface area contributed by atoms with Crippen LogP contribution >= 0.6 is 0 Å². The molecule has 0 spiro atoms. The predicted octanol–water partition coefficient (Wildman–Crippen LogP) is 3.54. The van der Waals surface area contributed by atoms with Crippen molar-refractivity contribution in [1.82, 2.24) is 4.98 Å². The van der Waals surface area contributed by atoms with Crippen molar-refractivity contribution >= 4 is 22.5 Å². The Bertz CT molecular complexity index is 785. The van der Waals surface area contributed by atoms with Crippen LogP contribution in [0.2, 0.25) is 0 Å². The highest BCUT2D eigenvalue weighted by atomic mass is 16.5. The molecule has 0 bridgehead atoms. The zero-order valence-corrected chi connectivity index (χ0v) is 14.1. The maximum absolute atomic E-state index is 12.6. The Morgan fingerprint density at radius 3 is 2.88 bits per heavy atom. The maximum atomic E-state index is 12.6. The van der Waals surface area contributed by atoms with Gasteiger partial charge in [0.15, 0.2) is 0 Å². The Morgan fingerprint density at radius 2 is 2.17 bits per heavy atom. The molecule has 2 rings (SSSR count). The number of nitrogens with zero attached hydrogens (tertiary/aromatic N) is 2. The van der Waals surface area contributed by atoms with Crippen LogP contribution in [0.4, 0.5) is 5.69 Å². The molecule has 0 saturated carbocycles. The smallest absolute Gasteiger partial charge is 0.233 e. The minimum atomic E-state index is -0.632. The summed E-state index contributed by atoms with van der Waals surface area (Å²) < 4.78 is 5.14. The minimum absolute atomic E-state index is 0.194. The van der Waals surface area contributed by atoms with Gasteiger partial charge in [-0.05, 0) is 26.0 Å². The number of carbonyl (C=O) groups is 1. The minimum Gasteiger partial charge on any atom is -0.384 e. The molecule has 0 aliphatic rings. The number of carbonyl (C=O) groups excluding carboxylic acids is 1. The molecule has 1 N–H and O–H groups in total. The molecule has 1 heterocycles. The molecule has 1 aromatic heterocycles. The average molecular weight is 323 g/mol. The van der Waals surface area contributed by atoms with E-state index in [9.17, 15) is 4.79 Å². The molecule has 5 heteroatoms. The third kappa shape index (κ3) is 4.40. The Labute approximate surface area is 142 Å². The van der Waals surface area contributed by atoms with Gasteiger partial charge in [-0.1, -0.05) is 30.4 Å². The molecule has 0 aliphatic carbocycles. The first-order valence-corrected chi connectivity index (χ1v) is 7.71. The number of methoxy groups -OCH3 is 1. The van der Waals surface area contributed by atoms with Gasteiger partial charge < -0.3 is 10.1 Å². The van der Waals surface area contributed by atoms with Crippen LogP contribution < -0.4 is 5.32 Å². The van der Waals surface area contributed by atoms with Gasteiger partial charge in [-0.3, -0.25) is 9.78 Å². The lowest BCUT2D eigenvalue weighted by Crippen LogP contribution is -2.25. The molecular weight excluding hydrogens is 302 g/mol. The summed E-state index contributed by atoms with van der Waals surface area (Å²) in [5.41, 5.74) is 0.769. The van der Waals surface area contributed by atoms with Gasteiger partial charge in [0, 0.05) is 18.7 Å². The van der Waals surface area contributed by atoms with Gasteiger partial charge >= 0.3 is 0 Å². The van der Waals surface area contributed by atoms with Crippen molar-refractivity contribution in [3.05, 3.63) is 48.7 Å². The van der Waals surface area contributed by atoms with Gasteiger partial charge in [0.1, 0.15) is 0 Å². The summed E-state index contributed by atoms with van der Waals surface area (Å²) in [6.07, 6.45) is 5.15. The summed E-state index contributed by atoms with van der Waals surface area (Å²) in [5.74, 6) is -0.679. The second kappa shape index (κ2) is 7.71. The van der Waals surface area contributed by atoms with E-state index in [0.29, 0.717) is 5.69 Å². The lowest BCUT2D eigenvalue weighted by molar-refractivity contribution is -0.119. The zero-order chi connectivity index (χ0) is 17.6. The first kappa shape index (κ1) is 17.6. The van der Waals surface area contributed by atoms with Crippen LogP contribution in [0.5, 0.6) is 0 Å². The van der Waals surface area contributed by atoms with E-state index in [4.69, 9.17) is 10.00 Å². The monoisotopic (exact) mass is 323 g/mol. The molecule has 1 aromatic carbocycles. The summed E-state index contributed by atoms with van der Waals surface area (Å²) in [7, 11) is 1.54. The zero-order valence-electron chi connectivity index (χ0n) is 14.1. The molecule has 1 unspecified atom stereocenters. The van der Waals surface area contributed by atoms with E-state index in [1.54, 1.807) is 39.3 Å². The number of fused-ring (bicyclic) bond motifs is 1. The summed E-state index contributed by atoms with van der Waals surface area (Å²) in [6.45, 7) is 3.82. The summed E-state index contributed by atoms with van der Waals surface area (Å²) in [5, 5.41) is 13.0. The topological polar surface area (TPSA) is 75.0 Å². The van der Waals surface area contributed by atoms with Crippen molar-refractivity contribution in [1.29, 1.82) is 5.26 Å². The Morgan fingerprint density at radius 1 is 1.42 bits per heavy atom. The van der Waals surface area contributed by atoms with E-state index in [1.165, 1.54) is 0 Å². The van der Waals surface area contributed by atoms with E-state index in [0.717, 1.165) is 10.9 Å². The predicted molar refractivity (Wildman–Crippen MR) is 94.3 cm³/mol. The maximum Gasteiger partial charge on any atom is 0.233 e. The lowest BCUT2D eigenvalue weighted by atomic mass is 9.93. The quantitative estimate of drug-likeness (QED) is 0.825. The highest BCUT2D eigenvalue weighted by Crippen LogP contribution is 2.22. The number of nitriles is 1. The molecule has 24 heavy (non-hydrogen) atoms. The third-order valence-corrected chi connectivity index (χ3v) is 3.61. The molecule has 0 fully saturated rings. The number of amides is 1. The molecular formula is C19H21N3O2. The molecule has 1 atom stereocenters. The van der Waals surface area contributed by atoms with Crippen LogP contribution in [0, 0.1) is 22.7 Å². The second-order valence-corrected chi connectivity index (χ2v) is 6.12. The number of hydrogen-bond donors (Lipinski definition) is 1. The number of nitrogens with one attached hydrogen (secondary N) is 1.